The maximum Gasteiger partial charge on any atom is 0.234 e. The van der Waals surface area contributed by atoms with Crippen molar-refractivity contribution in [3.8, 4) is 0 Å². The summed E-state index contributed by atoms with van der Waals surface area (Å²) in [6, 6.07) is 1.02. The first-order chi connectivity index (χ1) is 10.0. The van der Waals surface area contributed by atoms with Gasteiger partial charge in [-0.05, 0) is 44.7 Å². The lowest BCUT2D eigenvalue weighted by molar-refractivity contribution is -0.122. The zero-order chi connectivity index (χ0) is 15.2. The Balaban J connectivity index is 1.64. The molecule has 0 radical (unpaired) electrons. The SMILES string of the molecule is CC(C)CCNC(=O)CN1CCC(N2CCC(N)CC2)C1. The quantitative estimate of drug-likeness (QED) is 0.755. The Morgan fingerprint density at radius 3 is 2.62 bits per heavy atom. The summed E-state index contributed by atoms with van der Waals surface area (Å²) in [5, 5.41) is 3.03. The Hall–Kier alpha value is -0.650. The second kappa shape index (κ2) is 8.11. The fourth-order valence-corrected chi connectivity index (χ4v) is 3.30. The van der Waals surface area contributed by atoms with Crippen molar-refractivity contribution in [1.82, 2.24) is 15.1 Å². The molecule has 2 aliphatic rings. The van der Waals surface area contributed by atoms with E-state index in [9.17, 15) is 4.79 Å². The summed E-state index contributed by atoms with van der Waals surface area (Å²) in [6.45, 7) is 10.1. The van der Waals surface area contributed by atoms with Crippen molar-refractivity contribution in [2.75, 3.05) is 39.3 Å². The van der Waals surface area contributed by atoms with Gasteiger partial charge in [-0.3, -0.25) is 14.6 Å². The molecule has 0 saturated carbocycles. The summed E-state index contributed by atoms with van der Waals surface area (Å²) in [5.74, 6) is 0.823. The Labute approximate surface area is 129 Å². The number of hydrogen-bond donors (Lipinski definition) is 2. The highest BCUT2D eigenvalue weighted by molar-refractivity contribution is 5.78. The zero-order valence-corrected chi connectivity index (χ0v) is 13.7. The van der Waals surface area contributed by atoms with Gasteiger partial charge >= 0.3 is 0 Å². The van der Waals surface area contributed by atoms with Crippen LogP contribution >= 0.6 is 0 Å². The number of piperidine rings is 1. The van der Waals surface area contributed by atoms with Crippen molar-refractivity contribution in [2.24, 2.45) is 11.7 Å². The van der Waals surface area contributed by atoms with Crippen LogP contribution in [0.15, 0.2) is 0 Å². The molecule has 1 unspecified atom stereocenters. The van der Waals surface area contributed by atoms with Crippen molar-refractivity contribution in [3.05, 3.63) is 0 Å². The van der Waals surface area contributed by atoms with Crippen LogP contribution in [0.3, 0.4) is 0 Å². The molecule has 2 aliphatic heterocycles. The molecule has 0 aliphatic carbocycles. The molecule has 0 spiro atoms. The van der Waals surface area contributed by atoms with Gasteiger partial charge in [0.2, 0.25) is 5.91 Å². The van der Waals surface area contributed by atoms with Gasteiger partial charge in [-0.25, -0.2) is 0 Å². The largest absolute Gasteiger partial charge is 0.355 e. The van der Waals surface area contributed by atoms with E-state index in [1.807, 2.05) is 0 Å². The zero-order valence-electron chi connectivity index (χ0n) is 13.7. The molecule has 5 heteroatoms. The standard InChI is InChI=1S/C16H32N4O/c1-13(2)3-7-18-16(21)12-19-8-6-15(11-19)20-9-4-14(17)5-10-20/h13-15H,3-12,17H2,1-2H3,(H,18,21). The third-order valence-electron chi connectivity index (χ3n) is 4.75. The van der Waals surface area contributed by atoms with Gasteiger partial charge in [-0.15, -0.1) is 0 Å². The van der Waals surface area contributed by atoms with Crippen LogP contribution in [0.2, 0.25) is 0 Å². The number of likely N-dealkylation sites (tertiary alicyclic amines) is 2. The first-order valence-electron chi connectivity index (χ1n) is 8.53. The molecule has 0 aromatic rings. The molecular formula is C16H32N4O. The van der Waals surface area contributed by atoms with Crippen LogP contribution in [0.5, 0.6) is 0 Å². The third-order valence-corrected chi connectivity index (χ3v) is 4.75. The minimum atomic E-state index is 0.178. The van der Waals surface area contributed by atoms with Crippen molar-refractivity contribution in [1.29, 1.82) is 0 Å². The van der Waals surface area contributed by atoms with Gasteiger partial charge in [0.15, 0.2) is 0 Å². The van der Waals surface area contributed by atoms with Crippen LogP contribution in [0.25, 0.3) is 0 Å². The highest BCUT2D eigenvalue weighted by atomic mass is 16.2. The van der Waals surface area contributed by atoms with Crippen molar-refractivity contribution in [2.45, 2.75) is 51.6 Å². The lowest BCUT2D eigenvalue weighted by Gasteiger charge is -2.34. The molecule has 3 N–H and O–H groups in total. The Bertz CT molecular complexity index is 326. The molecule has 2 saturated heterocycles. The van der Waals surface area contributed by atoms with Gasteiger partial charge in [-0.1, -0.05) is 13.8 Å². The normalized spacial score (nSPS) is 25.6. The highest BCUT2D eigenvalue weighted by Gasteiger charge is 2.30. The topological polar surface area (TPSA) is 61.6 Å². The average Bonchev–Trinajstić information content (AvgIpc) is 2.87. The first-order valence-corrected chi connectivity index (χ1v) is 8.53. The van der Waals surface area contributed by atoms with E-state index in [0.29, 0.717) is 24.5 Å². The second-order valence-corrected chi connectivity index (χ2v) is 7.08. The number of carbonyl (C=O) groups excluding carboxylic acids is 1. The Morgan fingerprint density at radius 2 is 1.95 bits per heavy atom. The van der Waals surface area contributed by atoms with E-state index in [4.69, 9.17) is 5.73 Å². The minimum Gasteiger partial charge on any atom is -0.355 e. The maximum absolute atomic E-state index is 11.9. The number of amides is 1. The van der Waals surface area contributed by atoms with E-state index in [1.54, 1.807) is 0 Å². The van der Waals surface area contributed by atoms with Crippen LogP contribution in [0.4, 0.5) is 0 Å². The van der Waals surface area contributed by atoms with E-state index >= 15 is 0 Å². The lowest BCUT2D eigenvalue weighted by Crippen LogP contribution is -2.46. The molecule has 21 heavy (non-hydrogen) atoms. The monoisotopic (exact) mass is 296 g/mol. The predicted octanol–water partition coefficient (Wildman–Crippen LogP) is 0.646. The smallest absolute Gasteiger partial charge is 0.234 e. The van der Waals surface area contributed by atoms with Gasteiger partial charge in [0.25, 0.3) is 0 Å². The van der Waals surface area contributed by atoms with E-state index in [-0.39, 0.29) is 5.91 Å². The number of hydrogen-bond acceptors (Lipinski definition) is 4. The second-order valence-electron chi connectivity index (χ2n) is 7.08. The van der Waals surface area contributed by atoms with Crippen LogP contribution in [-0.2, 0) is 4.79 Å². The van der Waals surface area contributed by atoms with Gasteiger partial charge in [-0.2, -0.15) is 0 Å². The van der Waals surface area contributed by atoms with Crippen molar-refractivity contribution < 1.29 is 4.79 Å². The lowest BCUT2D eigenvalue weighted by atomic mass is 10.0. The fourth-order valence-electron chi connectivity index (χ4n) is 3.30. The summed E-state index contributed by atoms with van der Waals surface area (Å²) in [5.41, 5.74) is 5.97. The van der Waals surface area contributed by atoms with Crippen LogP contribution < -0.4 is 11.1 Å². The minimum absolute atomic E-state index is 0.178. The number of nitrogens with zero attached hydrogens (tertiary/aromatic N) is 2. The molecule has 2 fully saturated rings. The summed E-state index contributed by atoms with van der Waals surface area (Å²) >= 11 is 0. The number of carbonyl (C=O) groups is 1. The average molecular weight is 296 g/mol. The van der Waals surface area contributed by atoms with E-state index in [2.05, 4.69) is 29.0 Å². The number of rotatable bonds is 6. The molecular weight excluding hydrogens is 264 g/mol. The third kappa shape index (κ3) is 5.57. The van der Waals surface area contributed by atoms with Crippen LogP contribution in [-0.4, -0.2) is 67.1 Å². The summed E-state index contributed by atoms with van der Waals surface area (Å²) in [4.78, 5) is 16.8. The maximum atomic E-state index is 11.9. The van der Waals surface area contributed by atoms with Crippen molar-refractivity contribution >= 4 is 5.91 Å². The fraction of sp³-hybridized carbons (Fsp3) is 0.938. The highest BCUT2D eigenvalue weighted by Crippen LogP contribution is 2.19. The van der Waals surface area contributed by atoms with Crippen LogP contribution in [0.1, 0.15) is 39.5 Å². The molecule has 0 bridgehead atoms. The summed E-state index contributed by atoms with van der Waals surface area (Å²) in [6.07, 6.45) is 4.48. The van der Waals surface area contributed by atoms with Gasteiger partial charge in [0, 0.05) is 31.7 Å². The van der Waals surface area contributed by atoms with E-state index in [0.717, 1.165) is 52.0 Å². The molecule has 0 aromatic carbocycles. The molecule has 5 nitrogen and oxygen atoms in total. The summed E-state index contributed by atoms with van der Waals surface area (Å²) < 4.78 is 0. The van der Waals surface area contributed by atoms with Gasteiger partial charge in [0.1, 0.15) is 0 Å². The molecule has 0 aromatic heterocycles. The number of nitrogens with one attached hydrogen (secondary N) is 1. The van der Waals surface area contributed by atoms with Crippen LogP contribution in [0, 0.1) is 5.92 Å². The van der Waals surface area contributed by atoms with Crippen molar-refractivity contribution in [3.63, 3.8) is 0 Å². The number of nitrogens with two attached hydrogens (primary N) is 1. The predicted molar refractivity (Wildman–Crippen MR) is 86.1 cm³/mol. The first kappa shape index (κ1) is 16.7. The molecule has 2 heterocycles. The summed E-state index contributed by atoms with van der Waals surface area (Å²) in [7, 11) is 0. The van der Waals surface area contributed by atoms with E-state index in [1.165, 1.54) is 6.42 Å². The molecule has 1 atom stereocenters. The molecule has 2 rings (SSSR count). The molecule has 122 valence electrons. The van der Waals surface area contributed by atoms with Gasteiger partial charge < -0.3 is 11.1 Å². The Kier molecular flexibility index (Phi) is 6.45. The van der Waals surface area contributed by atoms with E-state index < -0.39 is 0 Å². The Morgan fingerprint density at radius 1 is 1.24 bits per heavy atom. The molecule has 1 amide bonds. The van der Waals surface area contributed by atoms with Gasteiger partial charge in [0.05, 0.1) is 6.54 Å².